The van der Waals surface area contributed by atoms with Gasteiger partial charge < -0.3 is 4.74 Å². The first-order valence-corrected chi connectivity index (χ1v) is 6.75. The van der Waals surface area contributed by atoms with Gasteiger partial charge in [-0.3, -0.25) is 9.59 Å². The lowest BCUT2D eigenvalue weighted by Gasteiger charge is -2.21. The Hall–Kier alpha value is -1.64. The largest absolute Gasteiger partial charge is 0.468 e. The molecule has 0 fully saturated rings. The average Bonchev–Trinajstić information content (AvgIpc) is 2.81. The van der Waals surface area contributed by atoms with E-state index in [2.05, 4.69) is 6.07 Å². The molecule has 0 spiro atoms. The molecule has 0 bridgehead atoms. The zero-order chi connectivity index (χ0) is 14.0. The maximum atomic E-state index is 12.6. The summed E-state index contributed by atoms with van der Waals surface area (Å²) in [4.78, 5) is 24.5. The predicted octanol–water partition coefficient (Wildman–Crippen LogP) is 2.73. The summed E-state index contributed by atoms with van der Waals surface area (Å²) in [6.45, 7) is 3.78. The predicted molar refractivity (Wildman–Crippen MR) is 72.9 cm³/mol. The molecule has 0 radical (unpaired) electrons. The summed E-state index contributed by atoms with van der Waals surface area (Å²) < 4.78 is 4.78. The number of hydrogen-bond acceptors (Lipinski definition) is 3. The maximum absolute atomic E-state index is 12.6. The number of fused-ring (bicyclic) bond motifs is 1. The smallest absolute Gasteiger partial charge is 0.316 e. The minimum absolute atomic E-state index is 0.00630. The molecule has 0 aromatic heterocycles. The first-order chi connectivity index (χ1) is 9.06. The fourth-order valence-electron chi connectivity index (χ4n) is 2.91. The number of esters is 1. The summed E-state index contributed by atoms with van der Waals surface area (Å²) in [5.41, 5.74) is 2.32. The number of rotatable bonds is 4. The second kappa shape index (κ2) is 5.55. The van der Waals surface area contributed by atoms with Crippen LogP contribution in [0, 0.1) is 11.8 Å². The van der Waals surface area contributed by atoms with Crippen molar-refractivity contribution < 1.29 is 14.3 Å². The molecule has 0 amide bonds. The molecule has 2 unspecified atom stereocenters. The van der Waals surface area contributed by atoms with Crippen LogP contribution < -0.4 is 0 Å². The standard InChI is InChI=1S/C16H20O3/c1-10(2)14(16(18)19-3)15(17)13-9-8-11-6-4-5-7-12(11)13/h4-7,10,13-14H,8-9H2,1-3H3. The molecule has 0 saturated heterocycles. The first kappa shape index (κ1) is 13.8. The topological polar surface area (TPSA) is 43.4 Å². The van der Waals surface area contributed by atoms with E-state index in [-0.39, 0.29) is 17.6 Å². The molecule has 1 aromatic rings. The highest BCUT2D eigenvalue weighted by Gasteiger charge is 2.38. The Kier molecular flexibility index (Phi) is 4.03. The SMILES string of the molecule is COC(=O)C(C(=O)C1CCc2ccccc21)C(C)C. The van der Waals surface area contributed by atoms with Crippen LogP contribution in [0.2, 0.25) is 0 Å². The molecule has 0 heterocycles. The second-order valence-electron chi connectivity index (χ2n) is 5.44. The van der Waals surface area contributed by atoms with Gasteiger partial charge in [-0.15, -0.1) is 0 Å². The normalized spacial score (nSPS) is 19.1. The van der Waals surface area contributed by atoms with Gasteiger partial charge in [0.25, 0.3) is 0 Å². The third-order valence-electron chi connectivity index (χ3n) is 3.90. The van der Waals surface area contributed by atoms with Gasteiger partial charge in [0.2, 0.25) is 0 Å². The summed E-state index contributed by atoms with van der Waals surface area (Å²) in [5.74, 6) is -1.24. The summed E-state index contributed by atoms with van der Waals surface area (Å²) in [6.07, 6.45) is 1.72. The Morgan fingerprint density at radius 1 is 1.26 bits per heavy atom. The molecular formula is C16H20O3. The van der Waals surface area contributed by atoms with Crippen LogP contribution in [0.15, 0.2) is 24.3 Å². The molecule has 1 aliphatic rings. The van der Waals surface area contributed by atoms with Crippen molar-refractivity contribution in [2.45, 2.75) is 32.6 Å². The number of carbonyl (C=O) groups is 2. The molecule has 1 aliphatic carbocycles. The molecule has 0 saturated carbocycles. The van der Waals surface area contributed by atoms with E-state index in [1.54, 1.807) is 0 Å². The highest BCUT2D eigenvalue weighted by Crippen LogP contribution is 2.36. The van der Waals surface area contributed by atoms with Crippen LogP contribution in [-0.4, -0.2) is 18.9 Å². The van der Waals surface area contributed by atoms with Gasteiger partial charge in [-0.25, -0.2) is 0 Å². The highest BCUT2D eigenvalue weighted by molar-refractivity contribution is 6.03. The van der Waals surface area contributed by atoms with Gasteiger partial charge in [-0.1, -0.05) is 38.1 Å². The Balaban J connectivity index is 2.27. The van der Waals surface area contributed by atoms with Gasteiger partial charge in [-0.2, -0.15) is 0 Å². The molecule has 3 nitrogen and oxygen atoms in total. The number of carbonyl (C=O) groups excluding carboxylic acids is 2. The van der Waals surface area contributed by atoms with Gasteiger partial charge >= 0.3 is 5.97 Å². The van der Waals surface area contributed by atoms with Crippen LogP contribution in [-0.2, 0) is 20.7 Å². The number of benzene rings is 1. The minimum Gasteiger partial charge on any atom is -0.468 e. The van der Waals surface area contributed by atoms with Crippen molar-refractivity contribution in [1.29, 1.82) is 0 Å². The number of Topliss-reactive ketones (excluding diaryl/α,β-unsaturated/α-hetero) is 1. The number of aryl methyl sites for hydroxylation is 1. The van der Waals surface area contributed by atoms with Gasteiger partial charge in [0, 0.05) is 5.92 Å². The molecule has 19 heavy (non-hydrogen) atoms. The van der Waals surface area contributed by atoms with Crippen LogP contribution in [0.5, 0.6) is 0 Å². The van der Waals surface area contributed by atoms with Crippen LogP contribution >= 0.6 is 0 Å². The Bertz CT molecular complexity index is 491. The van der Waals surface area contributed by atoms with Crippen molar-refractivity contribution in [2.75, 3.05) is 7.11 Å². The van der Waals surface area contributed by atoms with Crippen molar-refractivity contribution >= 4 is 11.8 Å². The monoisotopic (exact) mass is 260 g/mol. The summed E-state index contributed by atoms with van der Waals surface area (Å²) in [6, 6.07) is 8.00. The molecule has 2 atom stereocenters. The molecular weight excluding hydrogens is 240 g/mol. The zero-order valence-electron chi connectivity index (χ0n) is 11.7. The average molecular weight is 260 g/mol. The van der Waals surface area contributed by atoms with Gasteiger partial charge in [0.05, 0.1) is 7.11 Å². The first-order valence-electron chi connectivity index (χ1n) is 6.75. The van der Waals surface area contributed by atoms with Crippen molar-refractivity contribution in [3.05, 3.63) is 35.4 Å². The number of methoxy groups -OCH3 is 1. The number of hydrogen-bond donors (Lipinski definition) is 0. The van der Waals surface area contributed by atoms with Crippen molar-refractivity contribution in [1.82, 2.24) is 0 Å². The van der Waals surface area contributed by atoms with Gasteiger partial charge in [0.1, 0.15) is 5.92 Å². The third kappa shape index (κ3) is 2.55. The molecule has 102 valence electrons. The Morgan fingerprint density at radius 3 is 2.58 bits per heavy atom. The summed E-state index contributed by atoms with van der Waals surface area (Å²) in [5, 5.41) is 0. The fraction of sp³-hybridized carbons (Fsp3) is 0.500. The van der Waals surface area contributed by atoms with E-state index in [0.717, 1.165) is 18.4 Å². The quantitative estimate of drug-likeness (QED) is 0.617. The van der Waals surface area contributed by atoms with Crippen LogP contribution in [0.1, 0.15) is 37.3 Å². The lowest BCUT2D eigenvalue weighted by Crippen LogP contribution is -2.33. The van der Waals surface area contributed by atoms with E-state index < -0.39 is 11.9 Å². The van der Waals surface area contributed by atoms with Crippen LogP contribution in [0.25, 0.3) is 0 Å². The summed E-state index contributed by atoms with van der Waals surface area (Å²) in [7, 11) is 1.34. The molecule has 2 rings (SSSR count). The van der Waals surface area contributed by atoms with Crippen LogP contribution in [0.3, 0.4) is 0 Å². The lowest BCUT2D eigenvalue weighted by molar-refractivity contribution is -0.151. The Labute approximate surface area is 114 Å². The van der Waals surface area contributed by atoms with E-state index in [4.69, 9.17) is 4.74 Å². The fourth-order valence-corrected chi connectivity index (χ4v) is 2.91. The lowest BCUT2D eigenvalue weighted by atomic mass is 9.82. The third-order valence-corrected chi connectivity index (χ3v) is 3.90. The van der Waals surface area contributed by atoms with Crippen molar-refractivity contribution in [3.63, 3.8) is 0 Å². The van der Waals surface area contributed by atoms with Gasteiger partial charge in [0.15, 0.2) is 5.78 Å². The molecule has 3 heteroatoms. The molecule has 0 aliphatic heterocycles. The van der Waals surface area contributed by atoms with E-state index in [9.17, 15) is 9.59 Å². The zero-order valence-corrected chi connectivity index (χ0v) is 11.7. The maximum Gasteiger partial charge on any atom is 0.316 e. The number of ketones is 1. The van der Waals surface area contributed by atoms with E-state index >= 15 is 0 Å². The second-order valence-corrected chi connectivity index (χ2v) is 5.44. The number of ether oxygens (including phenoxy) is 1. The van der Waals surface area contributed by atoms with Crippen molar-refractivity contribution in [3.8, 4) is 0 Å². The Morgan fingerprint density at radius 2 is 1.95 bits per heavy atom. The highest BCUT2D eigenvalue weighted by atomic mass is 16.5. The van der Waals surface area contributed by atoms with Crippen molar-refractivity contribution in [2.24, 2.45) is 11.8 Å². The van der Waals surface area contributed by atoms with E-state index in [0.29, 0.717) is 0 Å². The molecule has 1 aromatic carbocycles. The van der Waals surface area contributed by atoms with E-state index in [1.165, 1.54) is 12.7 Å². The molecule has 0 N–H and O–H groups in total. The minimum atomic E-state index is -0.652. The van der Waals surface area contributed by atoms with Crippen LogP contribution in [0.4, 0.5) is 0 Å². The van der Waals surface area contributed by atoms with Gasteiger partial charge in [-0.05, 0) is 29.9 Å². The van der Waals surface area contributed by atoms with E-state index in [1.807, 2.05) is 32.0 Å². The summed E-state index contributed by atoms with van der Waals surface area (Å²) >= 11 is 0.